The zero-order valence-corrected chi connectivity index (χ0v) is 9.72. The van der Waals surface area contributed by atoms with Crippen molar-refractivity contribution >= 4 is 6.29 Å². The van der Waals surface area contributed by atoms with Crippen LogP contribution >= 0.6 is 0 Å². The lowest BCUT2D eigenvalue weighted by Crippen LogP contribution is -1.99. The quantitative estimate of drug-likeness (QED) is 0.761. The van der Waals surface area contributed by atoms with Gasteiger partial charge in [-0.05, 0) is 18.2 Å². The van der Waals surface area contributed by atoms with Crippen LogP contribution in [0.25, 0.3) is 0 Å². The summed E-state index contributed by atoms with van der Waals surface area (Å²) in [5, 5.41) is 3.71. The molecule has 1 heterocycles. The summed E-state index contributed by atoms with van der Waals surface area (Å²) < 4.78 is 23.1. The second-order valence-electron chi connectivity index (χ2n) is 3.55. The molecule has 0 aliphatic carbocycles. The molecule has 6 heteroatoms. The number of aromatic nitrogens is 2. The molecule has 0 aliphatic rings. The first-order valence-corrected chi connectivity index (χ1v) is 5.42. The first-order chi connectivity index (χ1) is 8.72. The highest BCUT2D eigenvalue weighted by molar-refractivity contribution is 5.79. The molecule has 2 rings (SSSR count). The summed E-state index contributed by atoms with van der Waals surface area (Å²) in [4.78, 5) is 14.8. The molecule has 1 aromatic carbocycles. The lowest BCUT2D eigenvalue weighted by Gasteiger charge is -2.05. The molecule has 0 saturated carbocycles. The van der Waals surface area contributed by atoms with Crippen molar-refractivity contribution in [2.75, 3.05) is 0 Å². The number of rotatable bonds is 5. The molecule has 0 spiro atoms. The molecule has 5 nitrogen and oxygen atoms in total. The third kappa shape index (κ3) is 2.71. The van der Waals surface area contributed by atoms with Gasteiger partial charge >= 0.3 is 0 Å². The molecule has 0 atom stereocenters. The van der Waals surface area contributed by atoms with Crippen molar-refractivity contribution in [1.82, 2.24) is 10.1 Å². The second kappa shape index (κ2) is 5.39. The van der Waals surface area contributed by atoms with Gasteiger partial charge in [-0.25, -0.2) is 4.39 Å². The molecule has 0 N–H and O–H groups in total. The van der Waals surface area contributed by atoms with Gasteiger partial charge in [0.1, 0.15) is 11.6 Å². The summed E-state index contributed by atoms with van der Waals surface area (Å²) in [6, 6.07) is 3.71. The van der Waals surface area contributed by atoms with E-state index < -0.39 is 5.82 Å². The minimum absolute atomic E-state index is 0.0411. The zero-order chi connectivity index (χ0) is 13.0. The molecule has 0 fully saturated rings. The molecule has 0 aliphatic heterocycles. The molecule has 18 heavy (non-hydrogen) atoms. The van der Waals surface area contributed by atoms with E-state index in [1.807, 2.05) is 6.92 Å². The number of aryl methyl sites for hydroxylation is 1. The van der Waals surface area contributed by atoms with Gasteiger partial charge in [-0.15, -0.1) is 0 Å². The maximum absolute atomic E-state index is 12.9. The Morgan fingerprint density at radius 3 is 3.00 bits per heavy atom. The van der Waals surface area contributed by atoms with E-state index in [0.717, 1.165) is 6.07 Å². The van der Waals surface area contributed by atoms with E-state index in [1.54, 1.807) is 0 Å². The van der Waals surface area contributed by atoms with E-state index in [-0.39, 0.29) is 17.9 Å². The zero-order valence-electron chi connectivity index (χ0n) is 9.72. The first-order valence-electron chi connectivity index (χ1n) is 5.42. The van der Waals surface area contributed by atoms with Crippen LogP contribution in [0.3, 0.4) is 0 Å². The number of hydrogen-bond acceptors (Lipinski definition) is 5. The number of halogens is 1. The van der Waals surface area contributed by atoms with Gasteiger partial charge in [0.25, 0.3) is 5.89 Å². The van der Waals surface area contributed by atoms with Crippen LogP contribution in [0, 0.1) is 5.82 Å². The third-order valence-electron chi connectivity index (χ3n) is 2.28. The fourth-order valence-electron chi connectivity index (χ4n) is 1.37. The molecule has 0 unspecified atom stereocenters. The highest BCUT2D eigenvalue weighted by Crippen LogP contribution is 2.18. The van der Waals surface area contributed by atoms with Crippen LogP contribution < -0.4 is 4.74 Å². The maximum Gasteiger partial charge on any atom is 0.264 e. The molecular weight excluding hydrogens is 239 g/mol. The van der Waals surface area contributed by atoms with E-state index in [9.17, 15) is 9.18 Å². The fraction of sp³-hybridized carbons (Fsp3) is 0.250. The molecule has 0 amide bonds. The number of nitrogens with zero attached hydrogens (tertiary/aromatic N) is 2. The van der Waals surface area contributed by atoms with Crippen molar-refractivity contribution in [3.05, 3.63) is 41.3 Å². The summed E-state index contributed by atoms with van der Waals surface area (Å²) in [6.45, 7) is 1.94. The minimum Gasteiger partial charge on any atom is -0.483 e. The topological polar surface area (TPSA) is 65.2 Å². The van der Waals surface area contributed by atoms with Crippen LogP contribution in [0.1, 0.15) is 29.0 Å². The Kier molecular flexibility index (Phi) is 3.66. The minimum atomic E-state index is -0.490. The highest BCUT2D eigenvalue weighted by Gasteiger charge is 2.08. The second-order valence-corrected chi connectivity index (χ2v) is 3.55. The average molecular weight is 250 g/mol. The van der Waals surface area contributed by atoms with Crippen LogP contribution in [-0.4, -0.2) is 16.4 Å². The van der Waals surface area contributed by atoms with Crippen molar-refractivity contribution in [2.45, 2.75) is 20.0 Å². The predicted molar refractivity (Wildman–Crippen MR) is 59.8 cm³/mol. The normalized spacial score (nSPS) is 10.3. The summed E-state index contributed by atoms with van der Waals surface area (Å²) >= 11 is 0. The molecule has 2 aromatic rings. The molecule has 1 aromatic heterocycles. The van der Waals surface area contributed by atoms with Crippen LogP contribution in [-0.2, 0) is 13.0 Å². The number of aldehydes is 1. The van der Waals surface area contributed by atoms with E-state index in [4.69, 9.17) is 9.26 Å². The SMILES string of the molecule is CCc1noc(COc2ccc(F)cc2C=O)n1. The Labute approximate surface area is 103 Å². The molecular formula is C12H11FN2O3. The summed E-state index contributed by atoms with van der Waals surface area (Å²) in [7, 11) is 0. The van der Waals surface area contributed by atoms with Gasteiger partial charge in [0.05, 0.1) is 5.56 Å². The van der Waals surface area contributed by atoms with Crippen molar-refractivity contribution in [1.29, 1.82) is 0 Å². The number of ether oxygens (including phenoxy) is 1. The Hall–Kier alpha value is -2.24. The van der Waals surface area contributed by atoms with Crippen LogP contribution in [0.15, 0.2) is 22.7 Å². The van der Waals surface area contributed by atoms with Gasteiger partial charge in [0.2, 0.25) is 0 Å². The van der Waals surface area contributed by atoms with Gasteiger partial charge < -0.3 is 9.26 Å². The maximum atomic E-state index is 12.9. The van der Waals surface area contributed by atoms with Crippen molar-refractivity contribution in [3.8, 4) is 5.75 Å². The lowest BCUT2D eigenvalue weighted by molar-refractivity contribution is 0.111. The Morgan fingerprint density at radius 2 is 2.33 bits per heavy atom. The average Bonchev–Trinajstić information content (AvgIpc) is 2.85. The lowest BCUT2D eigenvalue weighted by atomic mass is 10.2. The van der Waals surface area contributed by atoms with E-state index in [1.165, 1.54) is 12.1 Å². The van der Waals surface area contributed by atoms with E-state index >= 15 is 0 Å². The van der Waals surface area contributed by atoms with E-state index in [2.05, 4.69) is 10.1 Å². The number of hydrogen-bond donors (Lipinski definition) is 0. The van der Waals surface area contributed by atoms with Crippen LogP contribution in [0.2, 0.25) is 0 Å². The molecule has 94 valence electrons. The van der Waals surface area contributed by atoms with Crippen molar-refractivity contribution < 1.29 is 18.4 Å². The molecule has 0 saturated heterocycles. The summed E-state index contributed by atoms with van der Waals surface area (Å²) in [5.74, 6) is 0.689. The Bertz CT molecular complexity index is 554. The molecule has 0 bridgehead atoms. The molecule has 0 radical (unpaired) electrons. The van der Waals surface area contributed by atoms with E-state index in [0.29, 0.717) is 24.4 Å². The van der Waals surface area contributed by atoms with Crippen molar-refractivity contribution in [2.24, 2.45) is 0 Å². The number of benzene rings is 1. The van der Waals surface area contributed by atoms with Crippen LogP contribution in [0.5, 0.6) is 5.75 Å². The fourth-order valence-corrected chi connectivity index (χ4v) is 1.37. The van der Waals surface area contributed by atoms with Gasteiger partial charge in [0.15, 0.2) is 18.7 Å². The summed E-state index contributed by atoms with van der Waals surface area (Å²) in [6.07, 6.45) is 1.20. The van der Waals surface area contributed by atoms with Crippen molar-refractivity contribution in [3.63, 3.8) is 0 Å². The smallest absolute Gasteiger partial charge is 0.264 e. The van der Waals surface area contributed by atoms with Gasteiger partial charge in [-0.2, -0.15) is 4.98 Å². The highest BCUT2D eigenvalue weighted by atomic mass is 19.1. The monoisotopic (exact) mass is 250 g/mol. The largest absolute Gasteiger partial charge is 0.483 e. The predicted octanol–water partition coefficient (Wildman–Crippen LogP) is 2.16. The van der Waals surface area contributed by atoms with Crippen LogP contribution in [0.4, 0.5) is 4.39 Å². The third-order valence-corrected chi connectivity index (χ3v) is 2.28. The number of carbonyl (C=O) groups is 1. The summed E-state index contributed by atoms with van der Waals surface area (Å²) in [5.41, 5.74) is 0.144. The Morgan fingerprint density at radius 1 is 1.50 bits per heavy atom. The van der Waals surface area contributed by atoms with Gasteiger partial charge in [0, 0.05) is 6.42 Å². The standard InChI is InChI=1S/C12H11FN2O3/c1-2-11-14-12(18-15-11)7-17-10-4-3-9(13)5-8(10)6-16/h3-6H,2,7H2,1H3. The van der Waals surface area contributed by atoms with Gasteiger partial charge in [-0.1, -0.05) is 12.1 Å². The van der Waals surface area contributed by atoms with Gasteiger partial charge in [-0.3, -0.25) is 4.79 Å². The first kappa shape index (κ1) is 12.2. The Balaban J connectivity index is 2.07. The number of carbonyl (C=O) groups excluding carboxylic acids is 1.